The second-order valence-corrected chi connectivity index (χ2v) is 17.6. The summed E-state index contributed by atoms with van der Waals surface area (Å²) in [4.78, 5) is 0. The highest BCUT2D eigenvalue weighted by atomic mass is 28.4. The molecule has 198 valence electrons. The van der Waals surface area contributed by atoms with Crippen LogP contribution in [-0.4, -0.2) is 14.9 Å². The van der Waals surface area contributed by atoms with Gasteiger partial charge in [0, 0.05) is 5.57 Å². The van der Waals surface area contributed by atoms with E-state index in [-0.39, 0.29) is 5.04 Å². The molecule has 0 amide bonds. The smallest absolute Gasteiger partial charge is 0.193 e. The van der Waals surface area contributed by atoms with Crippen LogP contribution in [0.3, 0.4) is 0 Å². The van der Waals surface area contributed by atoms with E-state index in [1.54, 1.807) is 5.56 Å². The Bertz CT molecular complexity index is 940. The highest BCUT2D eigenvalue weighted by Crippen LogP contribution is 2.40. The topological polar surface area (TPSA) is 9.23 Å². The molecule has 0 spiro atoms. The minimum atomic E-state index is -1.73. The number of unbranched alkanes of at least 4 members (excludes halogenated alkanes) is 2. The lowest BCUT2D eigenvalue weighted by molar-refractivity contribution is 0.303. The predicted molar refractivity (Wildman–Crippen MR) is 161 cm³/mol. The van der Waals surface area contributed by atoms with Gasteiger partial charge < -0.3 is 4.43 Å². The van der Waals surface area contributed by atoms with Gasteiger partial charge in [0.1, 0.15) is 0 Å². The molecule has 0 N–H and O–H groups in total. The van der Waals surface area contributed by atoms with Gasteiger partial charge in [0.25, 0.3) is 0 Å². The summed E-state index contributed by atoms with van der Waals surface area (Å²) in [5, 5.41) is 0.229. The maximum absolute atomic E-state index is 6.24. The van der Waals surface area contributed by atoms with Crippen molar-refractivity contribution in [2.45, 2.75) is 123 Å². The Labute approximate surface area is 224 Å². The fraction of sp³-hybridized carbons (Fsp3) is 0.647. The molecule has 1 aromatic carbocycles. The summed E-state index contributed by atoms with van der Waals surface area (Å²) >= 11 is 0. The lowest BCUT2D eigenvalue weighted by Gasteiger charge is -2.35. The number of hydrogen-bond donors (Lipinski definition) is 0. The third-order valence-electron chi connectivity index (χ3n) is 9.20. The van der Waals surface area contributed by atoms with Gasteiger partial charge in [0.2, 0.25) is 0 Å². The van der Waals surface area contributed by atoms with E-state index in [1.165, 1.54) is 68.1 Å². The van der Waals surface area contributed by atoms with Crippen molar-refractivity contribution in [3.8, 4) is 11.8 Å². The molecule has 3 rings (SSSR count). The highest BCUT2D eigenvalue weighted by molar-refractivity contribution is 6.74. The van der Waals surface area contributed by atoms with Crippen molar-refractivity contribution in [1.82, 2.24) is 0 Å². The van der Waals surface area contributed by atoms with Crippen molar-refractivity contribution in [1.29, 1.82) is 0 Å². The van der Waals surface area contributed by atoms with Gasteiger partial charge in [-0.05, 0) is 91.1 Å². The standard InChI is InChI=1S/C34H52OSi/c1-8-10-11-13-27-15-18-30(19-16-27)31-20-22-32(23-21-31)33-24-17-28(26-29(33)9-2)14-12-25-35-36(6,7)34(3,4)5/h17,20-24,27,29-30H,8-11,13,15-16,18-19,25-26H2,1-7H3. The van der Waals surface area contributed by atoms with E-state index in [2.05, 4.69) is 96.0 Å². The van der Waals surface area contributed by atoms with Gasteiger partial charge in [0.15, 0.2) is 8.32 Å². The van der Waals surface area contributed by atoms with Crippen molar-refractivity contribution in [2.24, 2.45) is 11.8 Å². The van der Waals surface area contributed by atoms with E-state index in [0.717, 1.165) is 24.7 Å². The quantitative estimate of drug-likeness (QED) is 0.185. The molecule has 1 atom stereocenters. The number of benzene rings is 1. The van der Waals surface area contributed by atoms with Crippen molar-refractivity contribution < 1.29 is 4.43 Å². The van der Waals surface area contributed by atoms with Crippen molar-refractivity contribution in [2.75, 3.05) is 6.61 Å². The Morgan fingerprint density at radius 1 is 0.944 bits per heavy atom. The molecular formula is C34H52OSi. The summed E-state index contributed by atoms with van der Waals surface area (Å²) in [5.74, 6) is 9.01. The fourth-order valence-corrected chi connectivity index (χ4v) is 6.42. The maximum Gasteiger partial charge on any atom is 0.193 e. The van der Waals surface area contributed by atoms with Gasteiger partial charge in [-0.15, -0.1) is 0 Å². The van der Waals surface area contributed by atoms with Crippen LogP contribution < -0.4 is 0 Å². The van der Waals surface area contributed by atoms with Crippen molar-refractivity contribution >= 4 is 13.9 Å². The molecule has 1 aromatic rings. The van der Waals surface area contributed by atoms with Crippen LogP contribution in [0.5, 0.6) is 0 Å². The van der Waals surface area contributed by atoms with Gasteiger partial charge in [0.05, 0.1) is 6.61 Å². The van der Waals surface area contributed by atoms with Crippen LogP contribution >= 0.6 is 0 Å². The minimum absolute atomic E-state index is 0.229. The van der Waals surface area contributed by atoms with Gasteiger partial charge in [-0.1, -0.05) is 109 Å². The molecule has 0 aliphatic heterocycles. The third kappa shape index (κ3) is 7.97. The first-order valence-corrected chi connectivity index (χ1v) is 17.7. The molecule has 0 heterocycles. The molecule has 0 bridgehead atoms. The first-order chi connectivity index (χ1) is 17.1. The van der Waals surface area contributed by atoms with E-state index in [9.17, 15) is 0 Å². The van der Waals surface area contributed by atoms with Crippen LogP contribution in [0, 0.1) is 23.7 Å². The Morgan fingerprint density at radius 2 is 1.64 bits per heavy atom. The zero-order valence-corrected chi connectivity index (χ0v) is 25.4. The summed E-state index contributed by atoms with van der Waals surface area (Å²) in [6, 6.07) is 9.61. The molecule has 2 heteroatoms. The van der Waals surface area contributed by atoms with Crippen molar-refractivity contribution in [3.63, 3.8) is 0 Å². The molecule has 1 nitrogen and oxygen atoms in total. The molecule has 2 aliphatic carbocycles. The van der Waals surface area contributed by atoms with Gasteiger partial charge in [-0.3, -0.25) is 0 Å². The van der Waals surface area contributed by atoms with Crippen LogP contribution in [0.15, 0.2) is 42.0 Å². The average Bonchev–Trinajstić information content (AvgIpc) is 2.86. The van der Waals surface area contributed by atoms with Crippen LogP contribution in [0.1, 0.15) is 116 Å². The SMILES string of the molecule is CCCCCC1CCC(c2ccc(C3=CC=C(C#CCO[Si](C)(C)C(C)(C)C)CC3CC)cc2)CC1. The molecule has 36 heavy (non-hydrogen) atoms. The van der Waals surface area contributed by atoms with Crippen LogP contribution in [0.4, 0.5) is 0 Å². The Hall–Kier alpha value is -1.56. The van der Waals surface area contributed by atoms with E-state index in [1.807, 2.05) is 0 Å². The summed E-state index contributed by atoms with van der Waals surface area (Å²) in [6.45, 7) is 16.6. The van der Waals surface area contributed by atoms with Gasteiger partial charge >= 0.3 is 0 Å². The van der Waals surface area contributed by atoms with E-state index in [0.29, 0.717) is 12.5 Å². The number of rotatable bonds is 9. The molecule has 0 radical (unpaired) electrons. The zero-order chi connectivity index (χ0) is 26.2. The molecule has 1 unspecified atom stereocenters. The second kappa shape index (κ2) is 13.3. The van der Waals surface area contributed by atoms with Crippen molar-refractivity contribution in [3.05, 3.63) is 53.1 Å². The summed E-state index contributed by atoms with van der Waals surface area (Å²) < 4.78 is 6.24. The van der Waals surface area contributed by atoms with Crippen LogP contribution in [-0.2, 0) is 4.43 Å². The molecule has 2 aliphatic rings. The molecule has 1 saturated carbocycles. The lowest BCUT2D eigenvalue weighted by Crippen LogP contribution is -2.40. The minimum Gasteiger partial charge on any atom is -0.406 e. The summed E-state index contributed by atoms with van der Waals surface area (Å²) in [7, 11) is -1.73. The summed E-state index contributed by atoms with van der Waals surface area (Å²) in [6.07, 6.45) is 18.0. The predicted octanol–water partition coefficient (Wildman–Crippen LogP) is 10.3. The van der Waals surface area contributed by atoms with E-state index >= 15 is 0 Å². The Balaban J connectivity index is 1.58. The molecule has 0 saturated heterocycles. The van der Waals surface area contributed by atoms with Gasteiger partial charge in [-0.25, -0.2) is 0 Å². The highest BCUT2D eigenvalue weighted by Gasteiger charge is 2.36. The zero-order valence-electron chi connectivity index (χ0n) is 24.4. The third-order valence-corrected chi connectivity index (χ3v) is 13.7. The lowest BCUT2D eigenvalue weighted by atomic mass is 9.76. The maximum atomic E-state index is 6.24. The Kier molecular flexibility index (Phi) is 10.7. The molecule has 0 aromatic heterocycles. The number of hydrogen-bond acceptors (Lipinski definition) is 1. The molecule has 1 fully saturated rings. The first kappa shape index (κ1) is 29.0. The normalized spacial score (nSPS) is 22.9. The fourth-order valence-electron chi connectivity index (χ4n) is 5.56. The van der Waals surface area contributed by atoms with Gasteiger partial charge in [-0.2, -0.15) is 0 Å². The van der Waals surface area contributed by atoms with Crippen LogP contribution in [0.25, 0.3) is 5.57 Å². The molecular weight excluding hydrogens is 452 g/mol. The monoisotopic (exact) mass is 504 g/mol. The Morgan fingerprint density at radius 3 is 2.25 bits per heavy atom. The van der Waals surface area contributed by atoms with E-state index < -0.39 is 8.32 Å². The number of allylic oxidation sites excluding steroid dienone is 4. The van der Waals surface area contributed by atoms with Crippen LogP contribution in [0.2, 0.25) is 18.1 Å². The van der Waals surface area contributed by atoms with E-state index in [4.69, 9.17) is 4.43 Å². The largest absolute Gasteiger partial charge is 0.406 e. The first-order valence-electron chi connectivity index (χ1n) is 14.8. The summed E-state index contributed by atoms with van der Waals surface area (Å²) in [5.41, 5.74) is 5.67. The second-order valence-electron chi connectivity index (χ2n) is 12.8. The average molecular weight is 505 g/mol.